The molecule has 1 saturated carbocycles. The van der Waals surface area contributed by atoms with Crippen LogP contribution >= 0.6 is 11.3 Å². The van der Waals surface area contributed by atoms with E-state index in [1.807, 2.05) is 0 Å². The van der Waals surface area contributed by atoms with E-state index in [1.54, 1.807) is 11.3 Å². The van der Waals surface area contributed by atoms with Crippen molar-refractivity contribution in [2.75, 3.05) is 11.9 Å². The first-order valence-electron chi connectivity index (χ1n) is 6.57. The summed E-state index contributed by atoms with van der Waals surface area (Å²) in [7, 11) is 2.14. The fraction of sp³-hybridized carbons (Fsp3) is 0.769. The Kier molecular flexibility index (Phi) is 2.87. The third-order valence-electron chi connectivity index (χ3n) is 4.13. The van der Waals surface area contributed by atoms with Crippen LogP contribution < -0.4 is 4.90 Å². The Labute approximate surface area is 106 Å². The van der Waals surface area contributed by atoms with E-state index in [2.05, 4.69) is 23.9 Å². The van der Waals surface area contributed by atoms with Crippen molar-refractivity contribution in [3.63, 3.8) is 0 Å². The summed E-state index contributed by atoms with van der Waals surface area (Å²) in [5, 5.41) is 11.0. The van der Waals surface area contributed by atoms with Crippen LogP contribution in [0.4, 0.5) is 5.13 Å². The summed E-state index contributed by atoms with van der Waals surface area (Å²) >= 11 is 1.78. The number of aryl methyl sites for hydroxylation is 1. The fourth-order valence-electron chi connectivity index (χ4n) is 2.60. The fourth-order valence-corrected chi connectivity index (χ4v) is 3.81. The normalized spacial score (nSPS) is 25.5. The van der Waals surface area contributed by atoms with Crippen molar-refractivity contribution in [3.05, 3.63) is 10.6 Å². The van der Waals surface area contributed by atoms with E-state index < -0.39 is 0 Å². The van der Waals surface area contributed by atoms with Crippen molar-refractivity contribution < 1.29 is 5.11 Å². The summed E-state index contributed by atoms with van der Waals surface area (Å²) in [5.41, 5.74) is 0.950. The second-order valence-corrected chi connectivity index (χ2v) is 6.46. The van der Waals surface area contributed by atoms with Gasteiger partial charge in [-0.25, -0.2) is 4.98 Å². The maximum Gasteiger partial charge on any atom is 0.185 e. The van der Waals surface area contributed by atoms with Crippen LogP contribution in [-0.4, -0.2) is 23.2 Å². The number of rotatable bonds is 3. The highest BCUT2D eigenvalue weighted by Crippen LogP contribution is 2.40. The van der Waals surface area contributed by atoms with Gasteiger partial charge >= 0.3 is 0 Å². The number of aliphatic hydroxyl groups is 1. The van der Waals surface area contributed by atoms with Gasteiger partial charge in [0.2, 0.25) is 0 Å². The smallest absolute Gasteiger partial charge is 0.185 e. The average molecular weight is 252 g/mol. The van der Waals surface area contributed by atoms with Crippen molar-refractivity contribution in [2.24, 2.45) is 5.92 Å². The molecule has 1 heterocycles. The monoisotopic (exact) mass is 252 g/mol. The molecule has 0 radical (unpaired) electrons. The van der Waals surface area contributed by atoms with E-state index in [0.717, 1.165) is 36.0 Å². The van der Waals surface area contributed by atoms with Gasteiger partial charge in [0, 0.05) is 18.0 Å². The van der Waals surface area contributed by atoms with Crippen molar-refractivity contribution in [3.8, 4) is 0 Å². The largest absolute Gasteiger partial charge is 0.387 e. The standard InChI is InChI=1S/C13H20N2OS/c1-8(9-6-7-9)15(2)13-14-12-10(16)4-3-5-11(12)17-13/h8-10,16H,3-7H2,1-2H3. The van der Waals surface area contributed by atoms with Crippen molar-refractivity contribution in [1.82, 2.24) is 4.98 Å². The molecule has 2 aliphatic carbocycles. The van der Waals surface area contributed by atoms with E-state index in [9.17, 15) is 5.11 Å². The summed E-state index contributed by atoms with van der Waals surface area (Å²) < 4.78 is 0. The first-order valence-corrected chi connectivity index (χ1v) is 7.39. The highest BCUT2D eigenvalue weighted by Gasteiger charge is 2.32. The molecule has 94 valence electrons. The molecular formula is C13H20N2OS. The number of aliphatic hydroxyl groups excluding tert-OH is 1. The number of hydrogen-bond acceptors (Lipinski definition) is 4. The number of thiazole rings is 1. The minimum atomic E-state index is -0.326. The predicted molar refractivity (Wildman–Crippen MR) is 70.6 cm³/mol. The van der Waals surface area contributed by atoms with E-state index in [-0.39, 0.29) is 6.10 Å². The van der Waals surface area contributed by atoms with Crippen LogP contribution in [0.5, 0.6) is 0 Å². The molecule has 3 nitrogen and oxygen atoms in total. The molecule has 0 saturated heterocycles. The van der Waals surface area contributed by atoms with E-state index in [1.165, 1.54) is 17.7 Å². The molecule has 0 bridgehead atoms. The number of aromatic nitrogens is 1. The molecule has 2 atom stereocenters. The van der Waals surface area contributed by atoms with Crippen molar-refractivity contribution >= 4 is 16.5 Å². The van der Waals surface area contributed by atoms with Gasteiger partial charge in [0.25, 0.3) is 0 Å². The van der Waals surface area contributed by atoms with Gasteiger partial charge < -0.3 is 10.0 Å². The first-order chi connectivity index (χ1) is 8.16. The molecule has 3 rings (SSSR count). The van der Waals surface area contributed by atoms with Gasteiger partial charge in [-0.1, -0.05) is 0 Å². The molecule has 17 heavy (non-hydrogen) atoms. The Bertz CT molecular complexity index is 414. The molecule has 1 fully saturated rings. The SMILES string of the molecule is CC(C1CC1)N(C)c1nc2c(s1)CCCC2O. The third kappa shape index (κ3) is 2.08. The molecule has 1 aromatic heterocycles. The van der Waals surface area contributed by atoms with Gasteiger partial charge in [-0.3, -0.25) is 0 Å². The zero-order valence-corrected chi connectivity index (χ0v) is 11.3. The first kappa shape index (κ1) is 11.5. The maximum atomic E-state index is 9.94. The number of nitrogens with zero attached hydrogens (tertiary/aromatic N) is 2. The van der Waals surface area contributed by atoms with Gasteiger partial charge in [-0.05, 0) is 44.9 Å². The number of hydrogen-bond donors (Lipinski definition) is 1. The topological polar surface area (TPSA) is 36.4 Å². The van der Waals surface area contributed by atoms with E-state index in [0.29, 0.717) is 6.04 Å². The van der Waals surface area contributed by atoms with Crippen LogP contribution in [-0.2, 0) is 6.42 Å². The van der Waals surface area contributed by atoms with Crippen molar-refractivity contribution in [2.45, 2.75) is 51.2 Å². The Balaban J connectivity index is 1.83. The minimum Gasteiger partial charge on any atom is -0.387 e. The molecular weight excluding hydrogens is 232 g/mol. The van der Waals surface area contributed by atoms with Crippen LogP contribution in [0.2, 0.25) is 0 Å². The Morgan fingerprint density at radius 1 is 1.41 bits per heavy atom. The highest BCUT2D eigenvalue weighted by atomic mass is 32.1. The van der Waals surface area contributed by atoms with Gasteiger partial charge in [-0.2, -0.15) is 0 Å². The summed E-state index contributed by atoms with van der Waals surface area (Å²) in [6, 6.07) is 0.583. The summed E-state index contributed by atoms with van der Waals surface area (Å²) in [5.74, 6) is 0.853. The molecule has 0 aliphatic heterocycles. The van der Waals surface area contributed by atoms with Crippen molar-refractivity contribution in [1.29, 1.82) is 0 Å². The van der Waals surface area contributed by atoms with E-state index in [4.69, 9.17) is 0 Å². The predicted octanol–water partition coefficient (Wildman–Crippen LogP) is 2.75. The summed E-state index contributed by atoms with van der Waals surface area (Å²) in [4.78, 5) is 8.26. The zero-order chi connectivity index (χ0) is 12.0. The summed E-state index contributed by atoms with van der Waals surface area (Å²) in [6.07, 6.45) is 5.46. The molecule has 0 aromatic carbocycles. The average Bonchev–Trinajstić information content (AvgIpc) is 3.07. The van der Waals surface area contributed by atoms with Gasteiger partial charge in [0.05, 0.1) is 11.8 Å². The quantitative estimate of drug-likeness (QED) is 0.898. The number of fused-ring (bicyclic) bond motifs is 1. The molecule has 0 amide bonds. The molecule has 0 spiro atoms. The van der Waals surface area contributed by atoms with Crippen LogP contribution in [0.25, 0.3) is 0 Å². The Morgan fingerprint density at radius 2 is 2.18 bits per heavy atom. The van der Waals surface area contributed by atoms with Crippen LogP contribution in [0.15, 0.2) is 0 Å². The maximum absolute atomic E-state index is 9.94. The molecule has 1 N–H and O–H groups in total. The molecule has 4 heteroatoms. The highest BCUT2D eigenvalue weighted by molar-refractivity contribution is 7.15. The molecule has 1 aromatic rings. The van der Waals surface area contributed by atoms with Gasteiger partial charge in [0.15, 0.2) is 5.13 Å². The second-order valence-electron chi connectivity index (χ2n) is 5.40. The third-order valence-corrected chi connectivity index (χ3v) is 5.35. The van der Waals surface area contributed by atoms with Crippen LogP contribution in [0, 0.1) is 5.92 Å². The van der Waals surface area contributed by atoms with Gasteiger partial charge in [-0.15, -0.1) is 11.3 Å². The van der Waals surface area contributed by atoms with Crippen LogP contribution in [0.3, 0.4) is 0 Å². The lowest BCUT2D eigenvalue weighted by molar-refractivity contribution is 0.153. The van der Waals surface area contributed by atoms with E-state index >= 15 is 0 Å². The Hall–Kier alpha value is -0.610. The lowest BCUT2D eigenvalue weighted by atomic mass is 10.0. The van der Waals surface area contributed by atoms with Crippen LogP contribution in [0.1, 0.15) is 49.3 Å². The van der Waals surface area contributed by atoms with Gasteiger partial charge in [0.1, 0.15) is 0 Å². The minimum absolute atomic E-state index is 0.326. The molecule has 2 aliphatic rings. The molecule has 2 unspecified atom stereocenters. The Morgan fingerprint density at radius 3 is 2.82 bits per heavy atom. The zero-order valence-electron chi connectivity index (χ0n) is 10.5. The second kappa shape index (κ2) is 4.25. The lowest BCUT2D eigenvalue weighted by Crippen LogP contribution is -2.30. The lowest BCUT2D eigenvalue weighted by Gasteiger charge is -2.23. The summed E-state index contributed by atoms with van der Waals surface area (Å²) in [6.45, 7) is 2.29. The number of anilines is 1.